The first-order valence-corrected chi connectivity index (χ1v) is 15.7. The number of carbonyl (C=O) groups excluding carboxylic acids is 1. The van der Waals surface area contributed by atoms with Crippen LogP contribution in [0.15, 0.2) is 0 Å². The summed E-state index contributed by atoms with van der Waals surface area (Å²) in [6.45, 7) is 9.73. The molecule has 0 aromatic heterocycles. The molecule has 6 fully saturated rings. The topological polar surface area (TPSA) is 75.6 Å². The number of fused-ring (bicyclic) bond motifs is 7. The molecule has 0 heterocycles. The minimum atomic E-state index is -0.504. The Kier molecular flexibility index (Phi) is 6.33. The van der Waals surface area contributed by atoms with Crippen LogP contribution in [0.5, 0.6) is 0 Å². The van der Waals surface area contributed by atoms with Crippen LogP contribution in [0.2, 0.25) is 0 Å². The Labute approximate surface area is 224 Å². The van der Waals surface area contributed by atoms with Gasteiger partial charge in [-0.15, -0.1) is 0 Å². The van der Waals surface area contributed by atoms with Gasteiger partial charge in [-0.3, -0.25) is 9.59 Å². The number of aliphatic carboxylic acids is 1. The highest BCUT2D eigenvalue weighted by Crippen LogP contribution is 2.71. The summed E-state index contributed by atoms with van der Waals surface area (Å²) < 4.78 is 6.27. The van der Waals surface area contributed by atoms with E-state index >= 15 is 0 Å². The molecule has 0 spiro atoms. The molecule has 0 saturated heterocycles. The van der Waals surface area contributed by atoms with E-state index in [-0.39, 0.29) is 18.0 Å². The number of carboxylic acid groups (broad SMARTS) is 1. The van der Waals surface area contributed by atoms with E-state index in [1.807, 2.05) is 7.05 Å². The van der Waals surface area contributed by atoms with Gasteiger partial charge in [-0.05, 0) is 130 Å². The number of esters is 1. The lowest BCUT2D eigenvalue weighted by molar-refractivity contribution is -0.206. The molecule has 2 N–H and O–H groups in total. The zero-order chi connectivity index (χ0) is 26.3. The van der Waals surface area contributed by atoms with E-state index < -0.39 is 11.4 Å². The molecule has 0 amide bonds. The molecule has 0 radical (unpaired) electrons. The lowest BCUT2D eigenvalue weighted by atomic mass is 9.37. The van der Waals surface area contributed by atoms with Gasteiger partial charge in [0.15, 0.2) is 0 Å². The Balaban J connectivity index is 1.17. The second-order valence-electron chi connectivity index (χ2n) is 15.0. The summed E-state index contributed by atoms with van der Waals surface area (Å²) >= 11 is 0. The summed E-state index contributed by atoms with van der Waals surface area (Å²) in [5.74, 6) is 3.40. The van der Waals surface area contributed by atoms with Crippen LogP contribution in [0, 0.1) is 63.6 Å². The van der Waals surface area contributed by atoms with Gasteiger partial charge in [-0.25, -0.2) is 0 Å². The summed E-state index contributed by atoms with van der Waals surface area (Å²) in [6.07, 6.45) is 13.3. The number of hydrogen-bond donors (Lipinski definition) is 2. The molecule has 6 rings (SSSR count). The molecule has 6 saturated carbocycles. The van der Waals surface area contributed by atoms with Gasteiger partial charge in [-0.2, -0.15) is 0 Å². The van der Waals surface area contributed by atoms with Crippen LogP contribution in [0.3, 0.4) is 0 Å². The maximum atomic E-state index is 13.1. The van der Waals surface area contributed by atoms with E-state index in [2.05, 4.69) is 33.0 Å². The van der Waals surface area contributed by atoms with Gasteiger partial charge in [0, 0.05) is 6.04 Å². The van der Waals surface area contributed by atoms with E-state index in [0.717, 1.165) is 44.9 Å². The first-order chi connectivity index (χ1) is 17.6. The number of nitrogens with one attached hydrogen (secondary N) is 1. The van der Waals surface area contributed by atoms with Crippen molar-refractivity contribution in [3.8, 4) is 0 Å². The molecule has 5 heteroatoms. The van der Waals surface area contributed by atoms with E-state index in [1.54, 1.807) is 0 Å². The Morgan fingerprint density at radius 1 is 0.838 bits per heavy atom. The fourth-order valence-electron chi connectivity index (χ4n) is 12.1. The van der Waals surface area contributed by atoms with E-state index in [9.17, 15) is 14.7 Å². The van der Waals surface area contributed by atoms with Crippen molar-refractivity contribution in [2.45, 2.75) is 117 Å². The van der Waals surface area contributed by atoms with Gasteiger partial charge >= 0.3 is 11.9 Å². The number of hydrogen-bond acceptors (Lipinski definition) is 4. The Hall–Kier alpha value is -1.10. The zero-order valence-corrected chi connectivity index (χ0v) is 23.9. The number of rotatable bonds is 4. The molecule has 13 unspecified atom stereocenters. The lowest BCUT2D eigenvalue weighted by Crippen LogP contribution is -2.62. The summed E-state index contributed by atoms with van der Waals surface area (Å²) in [5, 5.41) is 13.6. The highest BCUT2D eigenvalue weighted by atomic mass is 16.5. The van der Waals surface area contributed by atoms with Gasteiger partial charge in [0.05, 0.1) is 11.3 Å². The minimum absolute atomic E-state index is 0.0429. The average Bonchev–Trinajstić information content (AvgIpc) is 3.31. The van der Waals surface area contributed by atoms with E-state index in [1.165, 1.54) is 32.1 Å². The fourth-order valence-corrected chi connectivity index (χ4v) is 12.1. The first kappa shape index (κ1) is 26.1. The quantitative estimate of drug-likeness (QED) is 0.431. The lowest BCUT2D eigenvalue weighted by Gasteiger charge is -2.67. The summed E-state index contributed by atoms with van der Waals surface area (Å²) in [6, 6.07) is 0.445. The monoisotopic (exact) mass is 513 g/mol. The normalized spacial score (nSPS) is 54.6. The van der Waals surface area contributed by atoms with Gasteiger partial charge in [0.1, 0.15) is 6.10 Å². The van der Waals surface area contributed by atoms with E-state index in [4.69, 9.17) is 4.74 Å². The summed E-state index contributed by atoms with van der Waals surface area (Å²) in [5.41, 5.74) is 0.208. The van der Waals surface area contributed by atoms with Crippen molar-refractivity contribution >= 4 is 11.9 Å². The summed E-state index contributed by atoms with van der Waals surface area (Å²) in [4.78, 5) is 25.5. The van der Waals surface area contributed by atoms with Crippen molar-refractivity contribution < 1.29 is 19.4 Å². The van der Waals surface area contributed by atoms with Crippen LogP contribution >= 0.6 is 0 Å². The zero-order valence-electron chi connectivity index (χ0n) is 23.9. The molecule has 6 aliphatic carbocycles. The third-order valence-electron chi connectivity index (χ3n) is 14.2. The predicted octanol–water partition coefficient (Wildman–Crippen LogP) is 6.30. The van der Waals surface area contributed by atoms with Crippen molar-refractivity contribution in [1.82, 2.24) is 5.32 Å². The number of ether oxygens (including phenoxy) is 1. The van der Waals surface area contributed by atoms with Crippen LogP contribution in [0.4, 0.5) is 0 Å². The SMILES string of the molecule is CNC1CC(C(=O)OC2CCC3(C)C(CCC4(C)C5CCC6(C(=O)O)CCCC6C5CCC34)C2C)C1C. The maximum Gasteiger partial charge on any atom is 0.309 e. The molecule has 0 bridgehead atoms. The third kappa shape index (κ3) is 3.57. The molecule has 0 aromatic rings. The second kappa shape index (κ2) is 8.96. The Morgan fingerprint density at radius 3 is 2.24 bits per heavy atom. The Bertz CT molecular complexity index is 936. The van der Waals surface area contributed by atoms with Crippen LogP contribution in [0.1, 0.15) is 105 Å². The molecule has 208 valence electrons. The van der Waals surface area contributed by atoms with Gasteiger partial charge in [0.25, 0.3) is 0 Å². The molecule has 6 aliphatic rings. The molecular weight excluding hydrogens is 462 g/mol. The highest BCUT2D eigenvalue weighted by Gasteiger charge is 2.66. The molecule has 0 aromatic carbocycles. The van der Waals surface area contributed by atoms with E-state index in [0.29, 0.717) is 58.3 Å². The molecule has 5 nitrogen and oxygen atoms in total. The van der Waals surface area contributed by atoms with Crippen LogP contribution in [0.25, 0.3) is 0 Å². The van der Waals surface area contributed by atoms with Crippen molar-refractivity contribution in [1.29, 1.82) is 0 Å². The molecular formula is C32H51NO4. The van der Waals surface area contributed by atoms with Gasteiger partial charge < -0.3 is 15.2 Å². The standard InChI is InChI=1S/C32H51NO4/c1-18-21(17-25(18)33-5)28(34)37-26-12-15-30(3)22(19(26)2)10-14-31(4)23-11-16-32(29(35)36)13-6-7-24(32)20(23)8-9-27(30)31/h18-27,33H,6-17H2,1-5H3,(H,35,36). The van der Waals surface area contributed by atoms with Crippen molar-refractivity contribution in [3.05, 3.63) is 0 Å². The smallest absolute Gasteiger partial charge is 0.309 e. The maximum absolute atomic E-state index is 13.1. The number of carbonyl (C=O) groups is 2. The third-order valence-corrected chi connectivity index (χ3v) is 14.2. The predicted molar refractivity (Wildman–Crippen MR) is 144 cm³/mol. The Morgan fingerprint density at radius 2 is 1.54 bits per heavy atom. The second-order valence-corrected chi connectivity index (χ2v) is 15.0. The van der Waals surface area contributed by atoms with Crippen LogP contribution < -0.4 is 5.32 Å². The van der Waals surface area contributed by atoms with Gasteiger partial charge in [0.2, 0.25) is 0 Å². The van der Waals surface area contributed by atoms with Gasteiger partial charge in [-0.1, -0.05) is 34.1 Å². The minimum Gasteiger partial charge on any atom is -0.481 e. The summed E-state index contributed by atoms with van der Waals surface area (Å²) in [7, 11) is 1.99. The fraction of sp³-hybridized carbons (Fsp3) is 0.938. The number of carboxylic acids is 1. The van der Waals surface area contributed by atoms with Crippen LogP contribution in [-0.2, 0) is 14.3 Å². The average molecular weight is 514 g/mol. The van der Waals surface area contributed by atoms with Crippen LogP contribution in [-0.4, -0.2) is 36.2 Å². The molecule has 13 atom stereocenters. The largest absolute Gasteiger partial charge is 0.481 e. The van der Waals surface area contributed by atoms with Crippen molar-refractivity contribution in [3.63, 3.8) is 0 Å². The molecule has 0 aliphatic heterocycles. The van der Waals surface area contributed by atoms with Crippen molar-refractivity contribution in [2.24, 2.45) is 63.6 Å². The molecule has 37 heavy (non-hydrogen) atoms. The first-order valence-electron chi connectivity index (χ1n) is 15.7. The highest BCUT2D eigenvalue weighted by molar-refractivity contribution is 5.76. The van der Waals surface area contributed by atoms with Crippen molar-refractivity contribution in [2.75, 3.05) is 7.05 Å².